The van der Waals surface area contributed by atoms with E-state index in [-0.39, 0.29) is 0 Å². The largest absolute Gasteiger partial charge is 0.416 e. The van der Waals surface area contributed by atoms with Crippen molar-refractivity contribution in [3.63, 3.8) is 0 Å². The van der Waals surface area contributed by atoms with E-state index in [9.17, 15) is 13.2 Å². The second-order valence-corrected chi connectivity index (χ2v) is 4.28. The Kier molecular flexibility index (Phi) is 3.51. The molecule has 1 heterocycles. The quantitative estimate of drug-likeness (QED) is 0.909. The smallest absolute Gasteiger partial charge is 0.339 e. The highest BCUT2D eigenvalue weighted by molar-refractivity contribution is 9.10. The van der Waals surface area contributed by atoms with Crippen molar-refractivity contribution in [2.45, 2.75) is 6.18 Å². The van der Waals surface area contributed by atoms with Gasteiger partial charge in [-0.25, -0.2) is 9.97 Å². The van der Waals surface area contributed by atoms with Crippen molar-refractivity contribution >= 4 is 27.4 Å². The van der Waals surface area contributed by atoms with Gasteiger partial charge in [0.15, 0.2) is 0 Å². The van der Waals surface area contributed by atoms with Crippen molar-refractivity contribution in [1.29, 1.82) is 0 Å². The van der Waals surface area contributed by atoms with E-state index in [0.717, 1.165) is 12.1 Å². The molecule has 1 aromatic heterocycles. The van der Waals surface area contributed by atoms with Crippen LogP contribution in [0.3, 0.4) is 0 Å². The second-order valence-electron chi connectivity index (χ2n) is 3.42. The van der Waals surface area contributed by atoms with E-state index in [4.69, 9.17) is 0 Å². The molecule has 1 N–H and O–H groups in total. The maximum atomic E-state index is 12.5. The SMILES string of the molecule is FC(F)(F)c1cccc(Nc2ncncc2Br)c1. The Hall–Kier alpha value is -1.63. The first-order valence-corrected chi connectivity index (χ1v) is 5.66. The molecule has 2 rings (SSSR count). The number of aromatic nitrogens is 2. The molecule has 94 valence electrons. The minimum Gasteiger partial charge on any atom is -0.339 e. The van der Waals surface area contributed by atoms with Gasteiger partial charge in [-0.3, -0.25) is 0 Å². The number of benzene rings is 1. The third kappa shape index (κ3) is 2.98. The molecule has 3 nitrogen and oxygen atoms in total. The van der Waals surface area contributed by atoms with Gasteiger partial charge in [-0.2, -0.15) is 13.2 Å². The minimum atomic E-state index is -4.36. The lowest BCUT2D eigenvalue weighted by Gasteiger charge is -2.10. The minimum absolute atomic E-state index is 0.309. The first-order chi connectivity index (χ1) is 8.47. The molecule has 1 aromatic carbocycles. The molecule has 0 radical (unpaired) electrons. The van der Waals surface area contributed by atoms with Gasteiger partial charge in [0, 0.05) is 11.9 Å². The fraction of sp³-hybridized carbons (Fsp3) is 0.0909. The van der Waals surface area contributed by atoms with Crippen molar-refractivity contribution in [2.75, 3.05) is 5.32 Å². The molecule has 0 saturated heterocycles. The molecule has 0 aliphatic heterocycles. The number of anilines is 2. The van der Waals surface area contributed by atoms with Crippen LogP contribution >= 0.6 is 15.9 Å². The summed E-state index contributed by atoms with van der Waals surface area (Å²) in [6, 6.07) is 4.90. The molecule has 0 spiro atoms. The van der Waals surface area contributed by atoms with Crippen LogP contribution < -0.4 is 5.32 Å². The summed E-state index contributed by atoms with van der Waals surface area (Å²) < 4.78 is 38.1. The third-order valence-electron chi connectivity index (χ3n) is 2.12. The standard InChI is InChI=1S/C11H7BrF3N3/c12-9-5-16-6-17-10(9)18-8-3-1-2-7(4-8)11(13,14)15/h1-6H,(H,16,17,18). The molecule has 0 amide bonds. The normalized spacial score (nSPS) is 11.3. The molecule has 18 heavy (non-hydrogen) atoms. The molecule has 0 unspecified atom stereocenters. The molecule has 0 fully saturated rings. The van der Waals surface area contributed by atoms with Crippen LogP contribution in [0.15, 0.2) is 41.3 Å². The predicted molar refractivity (Wildman–Crippen MR) is 64.5 cm³/mol. The van der Waals surface area contributed by atoms with Crippen molar-refractivity contribution in [2.24, 2.45) is 0 Å². The second kappa shape index (κ2) is 4.93. The maximum absolute atomic E-state index is 12.5. The third-order valence-corrected chi connectivity index (χ3v) is 2.70. The lowest BCUT2D eigenvalue weighted by molar-refractivity contribution is -0.137. The van der Waals surface area contributed by atoms with Gasteiger partial charge < -0.3 is 5.32 Å². The average Bonchev–Trinajstić information content (AvgIpc) is 2.31. The van der Waals surface area contributed by atoms with E-state index in [0.29, 0.717) is 16.0 Å². The van der Waals surface area contributed by atoms with Gasteiger partial charge in [-0.05, 0) is 34.1 Å². The van der Waals surface area contributed by atoms with Gasteiger partial charge in [0.05, 0.1) is 10.0 Å². The molecule has 0 aliphatic rings. The van der Waals surface area contributed by atoms with Crippen LogP contribution in [0.25, 0.3) is 0 Å². The first kappa shape index (κ1) is 12.8. The first-order valence-electron chi connectivity index (χ1n) is 4.86. The zero-order valence-electron chi connectivity index (χ0n) is 8.87. The maximum Gasteiger partial charge on any atom is 0.416 e. The van der Waals surface area contributed by atoms with Crippen LogP contribution in [0.5, 0.6) is 0 Å². The molecule has 0 saturated carbocycles. The fourth-order valence-corrected chi connectivity index (χ4v) is 1.63. The van der Waals surface area contributed by atoms with E-state index in [1.165, 1.54) is 24.7 Å². The summed E-state index contributed by atoms with van der Waals surface area (Å²) in [5.74, 6) is 0.407. The highest BCUT2D eigenvalue weighted by atomic mass is 79.9. The van der Waals surface area contributed by atoms with Crippen LogP contribution in [0.1, 0.15) is 5.56 Å². The summed E-state index contributed by atoms with van der Waals surface area (Å²) in [7, 11) is 0. The Labute approximate surface area is 109 Å². The summed E-state index contributed by atoms with van der Waals surface area (Å²) in [6.07, 6.45) is -1.55. The van der Waals surface area contributed by atoms with E-state index in [1.54, 1.807) is 0 Å². The van der Waals surface area contributed by atoms with Gasteiger partial charge in [0.1, 0.15) is 12.1 Å². The zero-order chi connectivity index (χ0) is 13.2. The van der Waals surface area contributed by atoms with Gasteiger partial charge in [0.25, 0.3) is 0 Å². The highest BCUT2D eigenvalue weighted by Crippen LogP contribution is 2.31. The molecule has 0 atom stereocenters. The Morgan fingerprint density at radius 3 is 2.67 bits per heavy atom. The molecular weight excluding hydrogens is 311 g/mol. The van der Waals surface area contributed by atoms with Crippen molar-refractivity contribution < 1.29 is 13.2 Å². The van der Waals surface area contributed by atoms with E-state index < -0.39 is 11.7 Å². The number of hydrogen-bond acceptors (Lipinski definition) is 3. The number of nitrogens with zero attached hydrogens (tertiary/aromatic N) is 2. The van der Waals surface area contributed by atoms with E-state index in [1.807, 2.05) is 0 Å². The molecule has 2 aromatic rings. The average molecular weight is 318 g/mol. The lowest BCUT2D eigenvalue weighted by atomic mass is 10.2. The summed E-state index contributed by atoms with van der Waals surface area (Å²) in [4.78, 5) is 7.68. The van der Waals surface area contributed by atoms with Crippen molar-refractivity contribution in [1.82, 2.24) is 9.97 Å². The molecule has 0 aliphatic carbocycles. The highest BCUT2D eigenvalue weighted by Gasteiger charge is 2.30. The predicted octanol–water partition coefficient (Wildman–Crippen LogP) is 4.00. The van der Waals surface area contributed by atoms with E-state index >= 15 is 0 Å². The summed E-state index contributed by atoms with van der Waals surface area (Å²) >= 11 is 3.20. The number of alkyl halides is 3. The zero-order valence-corrected chi connectivity index (χ0v) is 10.5. The van der Waals surface area contributed by atoms with Crippen LogP contribution in [-0.2, 0) is 6.18 Å². The van der Waals surface area contributed by atoms with E-state index in [2.05, 4.69) is 31.2 Å². The van der Waals surface area contributed by atoms with Crippen LogP contribution in [0.2, 0.25) is 0 Å². The van der Waals surface area contributed by atoms with Gasteiger partial charge in [-0.15, -0.1) is 0 Å². The van der Waals surface area contributed by atoms with Crippen molar-refractivity contribution in [3.05, 3.63) is 46.8 Å². The molecule has 0 bridgehead atoms. The molecular formula is C11H7BrF3N3. The molecule has 7 heteroatoms. The van der Waals surface area contributed by atoms with Gasteiger partial charge in [0.2, 0.25) is 0 Å². The Bertz CT molecular complexity index is 557. The Morgan fingerprint density at radius 1 is 1.22 bits per heavy atom. The fourth-order valence-electron chi connectivity index (χ4n) is 1.31. The summed E-state index contributed by atoms with van der Waals surface area (Å²) in [5.41, 5.74) is -0.401. The number of nitrogens with one attached hydrogen (secondary N) is 1. The number of rotatable bonds is 2. The van der Waals surface area contributed by atoms with Crippen LogP contribution in [0, 0.1) is 0 Å². The number of halogens is 4. The summed E-state index contributed by atoms with van der Waals surface area (Å²) in [5, 5.41) is 2.79. The lowest BCUT2D eigenvalue weighted by Crippen LogP contribution is -2.05. The van der Waals surface area contributed by atoms with Crippen molar-refractivity contribution in [3.8, 4) is 0 Å². The topological polar surface area (TPSA) is 37.8 Å². The van der Waals surface area contributed by atoms with Crippen LogP contribution in [0.4, 0.5) is 24.7 Å². The van der Waals surface area contributed by atoms with Gasteiger partial charge in [-0.1, -0.05) is 6.07 Å². The Morgan fingerprint density at radius 2 is 2.00 bits per heavy atom. The van der Waals surface area contributed by atoms with Crippen LogP contribution in [-0.4, -0.2) is 9.97 Å². The Balaban J connectivity index is 2.28. The van der Waals surface area contributed by atoms with Gasteiger partial charge >= 0.3 is 6.18 Å². The number of hydrogen-bond donors (Lipinski definition) is 1. The summed E-state index contributed by atoms with van der Waals surface area (Å²) in [6.45, 7) is 0. The monoisotopic (exact) mass is 317 g/mol.